The van der Waals surface area contributed by atoms with Gasteiger partial charge in [0.2, 0.25) is 5.91 Å². The molecular weight excluding hydrogens is 274 g/mol. The fourth-order valence-corrected chi connectivity index (χ4v) is 2.90. The molecule has 0 radical (unpaired) electrons. The first-order valence-electron chi connectivity index (χ1n) is 7.19. The van der Waals surface area contributed by atoms with Crippen molar-refractivity contribution >= 4 is 23.2 Å². The number of carbonyl (C=O) groups is 1. The van der Waals surface area contributed by atoms with Gasteiger partial charge in [-0.1, -0.05) is 17.7 Å². The van der Waals surface area contributed by atoms with Gasteiger partial charge < -0.3 is 16.0 Å². The lowest BCUT2D eigenvalue weighted by Gasteiger charge is -2.22. The molecule has 0 spiro atoms. The van der Waals surface area contributed by atoms with Crippen molar-refractivity contribution in [1.29, 1.82) is 0 Å². The van der Waals surface area contributed by atoms with E-state index in [-0.39, 0.29) is 11.8 Å². The summed E-state index contributed by atoms with van der Waals surface area (Å²) >= 11 is 6.13. The minimum Gasteiger partial charge on any atom is -0.370 e. The van der Waals surface area contributed by atoms with Gasteiger partial charge >= 0.3 is 0 Å². The van der Waals surface area contributed by atoms with Crippen molar-refractivity contribution in [2.75, 3.05) is 18.0 Å². The molecule has 3 rings (SSSR count). The van der Waals surface area contributed by atoms with Gasteiger partial charge in [0, 0.05) is 36.4 Å². The quantitative estimate of drug-likeness (QED) is 0.872. The molecule has 1 unspecified atom stereocenters. The minimum atomic E-state index is -0.202. The van der Waals surface area contributed by atoms with Crippen LogP contribution >= 0.6 is 11.6 Å². The van der Waals surface area contributed by atoms with Gasteiger partial charge in [-0.05, 0) is 37.0 Å². The standard InChI is InChI=1S/C15H20ClN3O/c16-12-2-1-10(8-18-13-3-4-13)14(7-12)19-6-5-11(9-19)15(17)20/h1-2,7,11,13,18H,3-6,8-9H2,(H2,17,20). The first kappa shape index (κ1) is 13.7. The Morgan fingerprint density at radius 2 is 2.20 bits per heavy atom. The summed E-state index contributed by atoms with van der Waals surface area (Å²) in [6.07, 6.45) is 3.38. The Morgan fingerprint density at radius 1 is 1.40 bits per heavy atom. The summed E-state index contributed by atoms with van der Waals surface area (Å²) in [5.74, 6) is -0.245. The number of hydrogen-bond donors (Lipinski definition) is 2. The molecule has 20 heavy (non-hydrogen) atoms. The Hall–Kier alpha value is -1.26. The summed E-state index contributed by atoms with van der Waals surface area (Å²) in [5, 5.41) is 4.26. The van der Waals surface area contributed by atoms with Crippen LogP contribution in [0, 0.1) is 5.92 Å². The van der Waals surface area contributed by atoms with Crippen LogP contribution in [0.3, 0.4) is 0 Å². The molecule has 1 aromatic carbocycles. The van der Waals surface area contributed by atoms with Crippen LogP contribution in [0.25, 0.3) is 0 Å². The molecule has 1 aromatic rings. The van der Waals surface area contributed by atoms with Gasteiger partial charge in [0.1, 0.15) is 0 Å². The van der Waals surface area contributed by atoms with Gasteiger partial charge in [0.25, 0.3) is 0 Å². The van der Waals surface area contributed by atoms with Gasteiger partial charge in [-0.25, -0.2) is 0 Å². The smallest absolute Gasteiger partial charge is 0.222 e. The maximum atomic E-state index is 11.3. The Balaban J connectivity index is 1.76. The fraction of sp³-hybridized carbons (Fsp3) is 0.533. The first-order valence-corrected chi connectivity index (χ1v) is 7.57. The van der Waals surface area contributed by atoms with E-state index in [1.54, 1.807) is 0 Å². The second kappa shape index (κ2) is 5.62. The van der Waals surface area contributed by atoms with Crippen LogP contribution in [0.5, 0.6) is 0 Å². The topological polar surface area (TPSA) is 58.4 Å². The maximum Gasteiger partial charge on any atom is 0.222 e. The molecule has 2 fully saturated rings. The number of rotatable bonds is 5. The average molecular weight is 294 g/mol. The fourth-order valence-electron chi connectivity index (χ4n) is 2.73. The zero-order valence-corrected chi connectivity index (χ0v) is 12.2. The number of nitrogens with one attached hydrogen (secondary N) is 1. The molecule has 1 amide bonds. The van der Waals surface area contributed by atoms with Crippen molar-refractivity contribution in [3.63, 3.8) is 0 Å². The van der Waals surface area contributed by atoms with Crippen molar-refractivity contribution in [3.8, 4) is 0 Å². The Labute approximate surface area is 124 Å². The largest absolute Gasteiger partial charge is 0.370 e. The number of anilines is 1. The third kappa shape index (κ3) is 3.07. The van der Waals surface area contributed by atoms with Gasteiger partial charge in [-0.15, -0.1) is 0 Å². The molecule has 0 aromatic heterocycles. The number of carbonyl (C=O) groups excluding carboxylic acids is 1. The lowest BCUT2D eigenvalue weighted by molar-refractivity contribution is -0.121. The number of halogens is 1. The van der Waals surface area contributed by atoms with Crippen LogP contribution in [-0.4, -0.2) is 25.0 Å². The van der Waals surface area contributed by atoms with Crippen molar-refractivity contribution in [1.82, 2.24) is 5.32 Å². The highest BCUT2D eigenvalue weighted by Crippen LogP contribution is 2.30. The van der Waals surface area contributed by atoms with E-state index in [1.165, 1.54) is 18.4 Å². The van der Waals surface area contributed by atoms with Crippen molar-refractivity contribution in [2.45, 2.75) is 31.8 Å². The molecule has 1 heterocycles. The lowest BCUT2D eigenvalue weighted by atomic mass is 10.1. The molecule has 1 aliphatic carbocycles. The van der Waals surface area contributed by atoms with Gasteiger partial charge in [-0.3, -0.25) is 4.79 Å². The zero-order valence-electron chi connectivity index (χ0n) is 11.4. The van der Waals surface area contributed by atoms with Crippen molar-refractivity contribution < 1.29 is 4.79 Å². The summed E-state index contributed by atoms with van der Waals surface area (Å²) in [6.45, 7) is 2.42. The number of benzene rings is 1. The number of amides is 1. The van der Waals surface area contributed by atoms with E-state index < -0.39 is 0 Å². The number of hydrogen-bond acceptors (Lipinski definition) is 3. The zero-order chi connectivity index (χ0) is 14.1. The van der Waals surface area contributed by atoms with E-state index in [9.17, 15) is 4.79 Å². The molecule has 0 bridgehead atoms. The van der Waals surface area contributed by atoms with Crippen LogP contribution < -0.4 is 16.0 Å². The molecule has 1 atom stereocenters. The molecule has 5 heteroatoms. The van der Waals surface area contributed by atoms with E-state index in [4.69, 9.17) is 17.3 Å². The summed E-state index contributed by atoms with van der Waals surface area (Å²) in [5.41, 5.74) is 7.78. The maximum absolute atomic E-state index is 11.3. The Kier molecular flexibility index (Phi) is 3.85. The van der Waals surface area contributed by atoms with Gasteiger partial charge in [0.05, 0.1) is 5.92 Å². The average Bonchev–Trinajstić information content (AvgIpc) is 3.11. The van der Waals surface area contributed by atoms with Crippen LogP contribution in [0.2, 0.25) is 5.02 Å². The van der Waals surface area contributed by atoms with Crippen LogP contribution in [0.1, 0.15) is 24.8 Å². The predicted molar refractivity (Wildman–Crippen MR) is 80.8 cm³/mol. The lowest BCUT2D eigenvalue weighted by Crippen LogP contribution is -2.28. The Bertz CT molecular complexity index is 516. The monoisotopic (exact) mass is 293 g/mol. The molecule has 1 aliphatic heterocycles. The van der Waals surface area contributed by atoms with Crippen LogP contribution in [0.15, 0.2) is 18.2 Å². The van der Waals surface area contributed by atoms with E-state index in [0.717, 1.165) is 30.2 Å². The highest BCUT2D eigenvalue weighted by molar-refractivity contribution is 6.30. The number of nitrogens with zero attached hydrogens (tertiary/aromatic N) is 1. The predicted octanol–water partition coefficient (Wildman–Crippen LogP) is 1.90. The highest BCUT2D eigenvalue weighted by Gasteiger charge is 2.28. The third-order valence-electron chi connectivity index (χ3n) is 4.14. The summed E-state index contributed by atoms with van der Waals surface area (Å²) in [6, 6.07) is 6.67. The molecular formula is C15H20ClN3O. The van der Waals surface area contributed by atoms with Crippen molar-refractivity contribution in [2.24, 2.45) is 11.7 Å². The molecule has 108 valence electrons. The number of nitrogens with two attached hydrogens (primary N) is 1. The van der Waals surface area contributed by atoms with Crippen LogP contribution in [-0.2, 0) is 11.3 Å². The van der Waals surface area contributed by atoms with Crippen molar-refractivity contribution in [3.05, 3.63) is 28.8 Å². The molecule has 1 saturated carbocycles. The molecule has 1 saturated heterocycles. The molecule has 2 aliphatic rings. The first-order chi connectivity index (χ1) is 9.63. The van der Waals surface area contributed by atoms with E-state index in [0.29, 0.717) is 12.6 Å². The highest BCUT2D eigenvalue weighted by atomic mass is 35.5. The summed E-state index contributed by atoms with van der Waals surface area (Å²) < 4.78 is 0. The van der Waals surface area contributed by atoms with E-state index >= 15 is 0 Å². The van der Waals surface area contributed by atoms with E-state index in [1.807, 2.05) is 12.1 Å². The van der Waals surface area contributed by atoms with Gasteiger partial charge in [0.15, 0.2) is 0 Å². The summed E-state index contributed by atoms with van der Waals surface area (Å²) in [4.78, 5) is 13.5. The minimum absolute atomic E-state index is 0.0433. The van der Waals surface area contributed by atoms with Crippen LogP contribution in [0.4, 0.5) is 5.69 Å². The SMILES string of the molecule is NC(=O)C1CCN(c2cc(Cl)ccc2CNC2CC2)C1. The van der Waals surface area contributed by atoms with E-state index in [2.05, 4.69) is 16.3 Å². The third-order valence-corrected chi connectivity index (χ3v) is 4.37. The summed E-state index contributed by atoms with van der Waals surface area (Å²) in [7, 11) is 0. The molecule has 3 N–H and O–H groups in total. The normalized spacial score (nSPS) is 22.2. The number of primary amides is 1. The molecule has 4 nitrogen and oxygen atoms in total. The second-order valence-corrected chi connectivity index (χ2v) is 6.20. The Morgan fingerprint density at radius 3 is 2.85 bits per heavy atom. The van der Waals surface area contributed by atoms with Gasteiger partial charge in [-0.2, -0.15) is 0 Å². The second-order valence-electron chi connectivity index (χ2n) is 5.76.